The van der Waals surface area contributed by atoms with Crippen molar-refractivity contribution in [2.45, 2.75) is 31.7 Å². The molecule has 0 aliphatic heterocycles. The van der Waals surface area contributed by atoms with Gasteiger partial charge in [0.05, 0.1) is 0 Å². The molecule has 2 aromatic carbocycles. The van der Waals surface area contributed by atoms with Crippen LogP contribution in [0, 0.1) is 6.92 Å². The van der Waals surface area contributed by atoms with Crippen LogP contribution in [-0.2, 0) is 0 Å². The highest BCUT2D eigenvalue weighted by atomic mass is 35.5. The lowest BCUT2D eigenvalue weighted by Crippen LogP contribution is -2.34. The second-order valence-corrected chi connectivity index (χ2v) is 5.81. The number of hydrogen-bond donors (Lipinski definition) is 1. The molecule has 1 nitrogen and oxygen atoms in total. The van der Waals surface area contributed by atoms with Crippen LogP contribution in [0.5, 0.6) is 0 Å². The van der Waals surface area contributed by atoms with Crippen molar-refractivity contribution >= 4 is 17.3 Å². The highest BCUT2D eigenvalue weighted by Crippen LogP contribution is 2.39. The molecule has 0 aromatic heterocycles. The largest absolute Gasteiger partial charge is 0.382 e. The summed E-state index contributed by atoms with van der Waals surface area (Å²) in [5, 5.41) is 4.35. The number of anilines is 1. The van der Waals surface area contributed by atoms with E-state index in [9.17, 15) is 0 Å². The van der Waals surface area contributed by atoms with Gasteiger partial charge in [-0.2, -0.15) is 0 Å². The zero-order valence-electron chi connectivity index (χ0n) is 11.1. The molecule has 0 heterocycles. The number of rotatable bonds is 3. The maximum absolute atomic E-state index is 5.89. The molecule has 1 N–H and O–H groups in total. The van der Waals surface area contributed by atoms with Crippen LogP contribution >= 0.6 is 11.6 Å². The predicted octanol–water partition coefficient (Wildman–Crippen LogP) is 5.01. The molecule has 2 heteroatoms. The van der Waals surface area contributed by atoms with Gasteiger partial charge in [-0.15, -0.1) is 0 Å². The van der Waals surface area contributed by atoms with Crippen molar-refractivity contribution < 1.29 is 0 Å². The summed E-state index contributed by atoms with van der Waals surface area (Å²) in [7, 11) is 0. The molecular formula is C17H18ClN. The average Bonchev–Trinajstić information content (AvgIpc) is 2.37. The van der Waals surface area contributed by atoms with Gasteiger partial charge in [0.15, 0.2) is 0 Å². The van der Waals surface area contributed by atoms with Crippen LogP contribution in [0.4, 0.5) is 5.69 Å². The van der Waals surface area contributed by atoms with Crippen molar-refractivity contribution in [1.82, 2.24) is 0 Å². The number of benzene rings is 2. The summed E-state index contributed by atoms with van der Waals surface area (Å²) in [4.78, 5) is 0. The molecular weight excluding hydrogens is 254 g/mol. The molecule has 1 aliphatic rings. The van der Waals surface area contributed by atoms with E-state index in [4.69, 9.17) is 11.6 Å². The van der Waals surface area contributed by atoms with E-state index in [2.05, 4.69) is 36.5 Å². The lowest BCUT2D eigenvalue weighted by molar-refractivity contribution is 0.373. The minimum Gasteiger partial charge on any atom is -0.382 e. The summed E-state index contributed by atoms with van der Waals surface area (Å²) in [5.41, 5.74) is 4.09. The van der Waals surface area contributed by atoms with Gasteiger partial charge in [0.25, 0.3) is 0 Å². The molecule has 1 aliphatic carbocycles. The van der Waals surface area contributed by atoms with E-state index in [1.807, 2.05) is 24.3 Å². The fraction of sp³-hybridized carbons (Fsp3) is 0.294. The number of hydrogen-bond acceptors (Lipinski definition) is 1. The third-order valence-corrected chi connectivity index (χ3v) is 4.23. The van der Waals surface area contributed by atoms with Gasteiger partial charge in [0.2, 0.25) is 0 Å². The third-order valence-electron chi connectivity index (χ3n) is 3.98. The van der Waals surface area contributed by atoms with Gasteiger partial charge in [-0.05, 0) is 61.1 Å². The Morgan fingerprint density at radius 2 is 1.68 bits per heavy atom. The smallest absolute Gasteiger partial charge is 0.0407 e. The van der Waals surface area contributed by atoms with E-state index in [0.717, 1.165) is 10.7 Å². The fourth-order valence-electron chi connectivity index (χ4n) is 2.82. The molecule has 0 unspecified atom stereocenters. The van der Waals surface area contributed by atoms with Crippen molar-refractivity contribution in [2.24, 2.45) is 0 Å². The van der Waals surface area contributed by atoms with Crippen molar-refractivity contribution in [3.05, 3.63) is 64.7 Å². The van der Waals surface area contributed by atoms with Crippen molar-refractivity contribution in [3.8, 4) is 0 Å². The normalized spacial score (nSPS) is 21.8. The Morgan fingerprint density at radius 3 is 2.37 bits per heavy atom. The average molecular weight is 272 g/mol. The van der Waals surface area contributed by atoms with Crippen LogP contribution in [0.3, 0.4) is 0 Å². The Kier molecular flexibility index (Phi) is 3.48. The lowest BCUT2D eigenvalue weighted by Gasteiger charge is -2.37. The Bertz CT molecular complexity index is 556. The highest BCUT2D eigenvalue weighted by Gasteiger charge is 2.30. The molecule has 1 saturated carbocycles. The van der Waals surface area contributed by atoms with E-state index in [-0.39, 0.29) is 0 Å². The topological polar surface area (TPSA) is 12.0 Å². The molecule has 0 atom stereocenters. The number of nitrogens with one attached hydrogen (secondary N) is 1. The molecule has 0 amide bonds. The SMILES string of the molecule is Cc1ccccc1C1CC(Nc2ccc(Cl)cc2)C1. The van der Waals surface area contributed by atoms with Crippen molar-refractivity contribution in [2.75, 3.05) is 5.32 Å². The molecule has 2 aromatic rings. The third kappa shape index (κ3) is 2.76. The molecule has 0 saturated heterocycles. The Balaban J connectivity index is 1.58. The van der Waals surface area contributed by atoms with Gasteiger partial charge in [0, 0.05) is 16.8 Å². The minimum absolute atomic E-state index is 0.589. The first-order chi connectivity index (χ1) is 9.22. The summed E-state index contributed by atoms with van der Waals surface area (Å²) < 4.78 is 0. The second kappa shape index (κ2) is 5.26. The summed E-state index contributed by atoms with van der Waals surface area (Å²) in [6, 6.07) is 17.3. The molecule has 98 valence electrons. The summed E-state index contributed by atoms with van der Waals surface area (Å²) in [6.07, 6.45) is 2.43. The van der Waals surface area contributed by atoms with Gasteiger partial charge in [-0.1, -0.05) is 35.9 Å². The number of halogens is 1. The van der Waals surface area contributed by atoms with E-state index in [1.54, 1.807) is 0 Å². The lowest BCUT2D eigenvalue weighted by atomic mass is 9.74. The molecule has 0 radical (unpaired) electrons. The first kappa shape index (κ1) is 12.6. The van der Waals surface area contributed by atoms with E-state index in [0.29, 0.717) is 12.0 Å². The zero-order valence-corrected chi connectivity index (χ0v) is 11.8. The monoisotopic (exact) mass is 271 g/mol. The fourth-order valence-corrected chi connectivity index (χ4v) is 2.94. The van der Waals surface area contributed by atoms with E-state index >= 15 is 0 Å². The molecule has 19 heavy (non-hydrogen) atoms. The summed E-state index contributed by atoms with van der Waals surface area (Å²) in [5.74, 6) is 0.714. The quantitative estimate of drug-likeness (QED) is 0.828. The van der Waals surface area contributed by atoms with Gasteiger partial charge in [-0.3, -0.25) is 0 Å². The van der Waals surface area contributed by atoms with Crippen LogP contribution in [-0.4, -0.2) is 6.04 Å². The van der Waals surface area contributed by atoms with Crippen LogP contribution in [0.2, 0.25) is 5.02 Å². The second-order valence-electron chi connectivity index (χ2n) is 5.37. The van der Waals surface area contributed by atoms with E-state index < -0.39 is 0 Å². The maximum Gasteiger partial charge on any atom is 0.0407 e. The first-order valence-corrected chi connectivity index (χ1v) is 7.18. The first-order valence-electron chi connectivity index (χ1n) is 6.80. The van der Waals surface area contributed by atoms with Crippen molar-refractivity contribution in [1.29, 1.82) is 0 Å². The summed E-state index contributed by atoms with van der Waals surface area (Å²) >= 11 is 5.89. The standard InChI is InChI=1S/C17H18ClN/c1-12-4-2-3-5-17(12)13-10-16(11-13)19-15-8-6-14(18)7-9-15/h2-9,13,16,19H,10-11H2,1H3. The molecule has 1 fully saturated rings. The summed E-state index contributed by atoms with van der Waals surface area (Å²) in [6.45, 7) is 2.20. The van der Waals surface area contributed by atoms with Crippen LogP contribution in [0.25, 0.3) is 0 Å². The molecule has 3 rings (SSSR count). The van der Waals surface area contributed by atoms with Gasteiger partial charge in [-0.25, -0.2) is 0 Å². The Morgan fingerprint density at radius 1 is 1.00 bits per heavy atom. The highest BCUT2D eigenvalue weighted by molar-refractivity contribution is 6.30. The van der Waals surface area contributed by atoms with Gasteiger partial charge in [0.1, 0.15) is 0 Å². The maximum atomic E-state index is 5.89. The van der Waals surface area contributed by atoms with Gasteiger partial charge < -0.3 is 5.32 Å². The van der Waals surface area contributed by atoms with E-state index in [1.165, 1.54) is 24.0 Å². The van der Waals surface area contributed by atoms with Crippen LogP contribution in [0.15, 0.2) is 48.5 Å². The Labute approximate surface area is 119 Å². The predicted molar refractivity (Wildman–Crippen MR) is 82.0 cm³/mol. The molecule has 0 bridgehead atoms. The zero-order chi connectivity index (χ0) is 13.2. The number of aryl methyl sites for hydroxylation is 1. The minimum atomic E-state index is 0.589. The molecule has 0 spiro atoms. The van der Waals surface area contributed by atoms with Crippen LogP contribution in [0.1, 0.15) is 29.9 Å². The van der Waals surface area contributed by atoms with Crippen LogP contribution < -0.4 is 5.32 Å². The van der Waals surface area contributed by atoms with Gasteiger partial charge >= 0.3 is 0 Å². The Hall–Kier alpha value is -1.47. The van der Waals surface area contributed by atoms with Crippen molar-refractivity contribution in [3.63, 3.8) is 0 Å².